The molecule has 1 atom stereocenters. The van der Waals surface area contributed by atoms with E-state index in [9.17, 15) is 18.0 Å². The van der Waals surface area contributed by atoms with Crippen LogP contribution in [-0.2, 0) is 30.9 Å². The molecule has 0 unspecified atom stereocenters. The third kappa shape index (κ3) is 7.45. The molecule has 10 heteroatoms. The van der Waals surface area contributed by atoms with Crippen LogP contribution in [0.1, 0.15) is 12.5 Å². The molecule has 158 valence electrons. The Morgan fingerprint density at radius 3 is 2.29 bits per heavy atom. The van der Waals surface area contributed by atoms with Gasteiger partial charge in [-0.3, -0.25) is 9.59 Å². The first-order chi connectivity index (χ1) is 13.1. The summed E-state index contributed by atoms with van der Waals surface area (Å²) in [6.45, 7) is 2.06. The summed E-state index contributed by atoms with van der Waals surface area (Å²) in [7, 11) is 0.875. The second kappa shape index (κ2) is 11.0. The monoisotopic (exact) mass is 415 g/mol. The van der Waals surface area contributed by atoms with Gasteiger partial charge < -0.3 is 19.7 Å². The highest BCUT2D eigenvalue weighted by atomic mass is 32.2. The van der Waals surface area contributed by atoms with Gasteiger partial charge in [0.25, 0.3) is 0 Å². The lowest BCUT2D eigenvalue weighted by molar-refractivity contribution is -0.140. The fourth-order valence-corrected chi connectivity index (χ4v) is 2.68. The molecule has 1 N–H and O–H groups in total. The van der Waals surface area contributed by atoms with Gasteiger partial charge in [0.2, 0.25) is 21.8 Å². The molecule has 28 heavy (non-hydrogen) atoms. The lowest BCUT2D eigenvalue weighted by Gasteiger charge is -2.30. The van der Waals surface area contributed by atoms with Crippen LogP contribution in [0.4, 0.5) is 0 Å². The standard InChI is InChI=1S/C18H29N3O6S/c1-14(18(23)19-10-11-26-3)21(17(22)13-20(2)28(5,24)25)12-15-6-8-16(27-4)9-7-15/h6-9,14H,10-13H2,1-5H3,(H,19,23)/t14-/m0/s1. The van der Waals surface area contributed by atoms with Gasteiger partial charge in [0.05, 0.1) is 26.5 Å². The molecule has 0 aromatic heterocycles. The highest BCUT2D eigenvalue weighted by molar-refractivity contribution is 7.88. The van der Waals surface area contributed by atoms with E-state index in [0.717, 1.165) is 16.1 Å². The number of rotatable bonds is 11. The normalized spacial score (nSPS) is 12.5. The number of sulfonamides is 1. The molecule has 1 aromatic carbocycles. The van der Waals surface area contributed by atoms with E-state index in [1.807, 2.05) is 0 Å². The van der Waals surface area contributed by atoms with Gasteiger partial charge in [-0.2, -0.15) is 4.31 Å². The van der Waals surface area contributed by atoms with Crippen molar-refractivity contribution in [2.24, 2.45) is 0 Å². The van der Waals surface area contributed by atoms with Crippen molar-refractivity contribution in [2.75, 3.05) is 47.2 Å². The molecule has 0 saturated carbocycles. The number of amides is 2. The second-order valence-electron chi connectivity index (χ2n) is 6.35. The van der Waals surface area contributed by atoms with Gasteiger partial charge in [0, 0.05) is 27.2 Å². The van der Waals surface area contributed by atoms with Crippen LogP contribution < -0.4 is 10.1 Å². The van der Waals surface area contributed by atoms with E-state index < -0.39 is 22.0 Å². The number of hydrogen-bond donors (Lipinski definition) is 1. The Morgan fingerprint density at radius 2 is 1.79 bits per heavy atom. The first-order valence-corrected chi connectivity index (χ1v) is 10.5. The Hall–Kier alpha value is -2.17. The molecule has 0 saturated heterocycles. The van der Waals surface area contributed by atoms with Crippen molar-refractivity contribution < 1.29 is 27.5 Å². The number of methoxy groups -OCH3 is 2. The molecule has 0 aliphatic rings. The van der Waals surface area contributed by atoms with Crippen LogP contribution in [0.25, 0.3) is 0 Å². The van der Waals surface area contributed by atoms with Crippen molar-refractivity contribution >= 4 is 21.8 Å². The van der Waals surface area contributed by atoms with Crippen molar-refractivity contribution in [1.82, 2.24) is 14.5 Å². The van der Waals surface area contributed by atoms with Crippen LogP contribution in [-0.4, -0.2) is 82.7 Å². The zero-order valence-corrected chi connectivity index (χ0v) is 17.8. The highest BCUT2D eigenvalue weighted by Crippen LogP contribution is 2.15. The van der Waals surface area contributed by atoms with E-state index in [4.69, 9.17) is 9.47 Å². The van der Waals surface area contributed by atoms with E-state index in [-0.39, 0.29) is 19.0 Å². The van der Waals surface area contributed by atoms with Gasteiger partial charge in [-0.05, 0) is 24.6 Å². The zero-order chi connectivity index (χ0) is 21.3. The lowest BCUT2D eigenvalue weighted by atomic mass is 10.1. The van der Waals surface area contributed by atoms with Gasteiger partial charge >= 0.3 is 0 Å². The van der Waals surface area contributed by atoms with Gasteiger partial charge in [-0.15, -0.1) is 0 Å². The molecule has 0 spiro atoms. The maximum absolute atomic E-state index is 12.8. The molecule has 1 rings (SSSR count). The maximum atomic E-state index is 12.8. The van der Waals surface area contributed by atoms with Crippen LogP contribution in [0, 0.1) is 0 Å². The summed E-state index contributed by atoms with van der Waals surface area (Å²) < 4.78 is 34.3. The van der Waals surface area contributed by atoms with E-state index in [1.54, 1.807) is 38.3 Å². The molecule has 9 nitrogen and oxygen atoms in total. The summed E-state index contributed by atoms with van der Waals surface area (Å²) in [5.41, 5.74) is 0.785. The fraction of sp³-hybridized carbons (Fsp3) is 0.556. The summed E-state index contributed by atoms with van der Waals surface area (Å²) in [5, 5.41) is 2.70. The Bertz CT molecular complexity index is 751. The predicted octanol–water partition coefficient (Wildman–Crippen LogP) is 0.0663. The number of likely N-dealkylation sites (N-methyl/N-ethyl adjacent to an activating group) is 1. The minimum Gasteiger partial charge on any atom is -0.497 e. The molecule has 2 amide bonds. The molecule has 0 fully saturated rings. The smallest absolute Gasteiger partial charge is 0.242 e. The largest absolute Gasteiger partial charge is 0.497 e. The van der Waals surface area contributed by atoms with Crippen molar-refractivity contribution in [3.8, 4) is 5.75 Å². The third-order valence-electron chi connectivity index (χ3n) is 4.21. The van der Waals surface area contributed by atoms with E-state index in [1.165, 1.54) is 19.1 Å². The first kappa shape index (κ1) is 23.9. The molecular formula is C18H29N3O6S. The summed E-state index contributed by atoms with van der Waals surface area (Å²) in [6.07, 6.45) is 1.02. The SMILES string of the molecule is COCCNC(=O)[C@H](C)N(Cc1ccc(OC)cc1)C(=O)CN(C)S(C)(=O)=O. The fourth-order valence-electron chi connectivity index (χ4n) is 2.33. The van der Waals surface area contributed by atoms with Crippen LogP contribution in [0.2, 0.25) is 0 Å². The molecule has 0 bridgehead atoms. The molecule has 0 aliphatic heterocycles. The van der Waals surface area contributed by atoms with Gasteiger partial charge in [-0.25, -0.2) is 8.42 Å². The zero-order valence-electron chi connectivity index (χ0n) is 17.0. The number of benzene rings is 1. The van der Waals surface area contributed by atoms with E-state index in [0.29, 0.717) is 18.9 Å². The average molecular weight is 416 g/mol. The Morgan fingerprint density at radius 1 is 1.18 bits per heavy atom. The van der Waals surface area contributed by atoms with E-state index in [2.05, 4.69) is 5.32 Å². The van der Waals surface area contributed by atoms with E-state index >= 15 is 0 Å². The van der Waals surface area contributed by atoms with Crippen molar-refractivity contribution in [2.45, 2.75) is 19.5 Å². The lowest BCUT2D eigenvalue weighted by Crippen LogP contribution is -2.50. The van der Waals surface area contributed by atoms with Crippen molar-refractivity contribution in [1.29, 1.82) is 0 Å². The molecule has 0 heterocycles. The Balaban J connectivity index is 3.00. The van der Waals surface area contributed by atoms with Crippen LogP contribution in [0.5, 0.6) is 5.75 Å². The summed E-state index contributed by atoms with van der Waals surface area (Å²) >= 11 is 0. The van der Waals surface area contributed by atoms with Gasteiger partial charge in [0.15, 0.2) is 0 Å². The third-order valence-corrected chi connectivity index (χ3v) is 5.47. The number of nitrogens with zero attached hydrogens (tertiary/aromatic N) is 2. The number of hydrogen-bond acceptors (Lipinski definition) is 6. The van der Waals surface area contributed by atoms with Crippen LogP contribution in [0.3, 0.4) is 0 Å². The van der Waals surface area contributed by atoms with Crippen molar-refractivity contribution in [3.63, 3.8) is 0 Å². The van der Waals surface area contributed by atoms with Gasteiger partial charge in [0.1, 0.15) is 11.8 Å². The number of carbonyl (C=O) groups is 2. The Kier molecular flexibility index (Phi) is 9.36. The number of ether oxygens (including phenoxy) is 2. The summed E-state index contributed by atoms with van der Waals surface area (Å²) in [6, 6.07) is 6.29. The number of carbonyl (C=O) groups excluding carboxylic acids is 2. The van der Waals surface area contributed by atoms with Crippen LogP contribution in [0.15, 0.2) is 24.3 Å². The van der Waals surface area contributed by atoms with Gasteiger partial charge in [-0.1, -0.05) is 12.1 Å². The maximum Gasteiger partial charge on any atom is 0.242 e. The number of nitrogens with one attached hydrogen (secondary N) is 1. The average Bonchev–Trinajstić information content (AvgIpc) is 2.65. The first-order valence-electron chi connectivity index (χ1n) is 8.70. The second-order valence-corrected chi connectivity index (χ2v) is 8.44. The predicted molar refractivity (Wildman–Crippen MR) is 105 cm³/mol. The summed E-state index contributed by atoms with van der Waals surface area (Å²) in [4.78, 5) is 26.6. The Labute approximate surface area is 166 Å². The summed E-state index contributed by atoms with van der Waals surface area (Å²) in [5.74, 6) is -0.150. The molecule has 0 radical (unpaired) electrons. The topological polar surface area (TPSA) is 105 Å². The highest BCUT2D eigenvalue weighted by Gasteiger charge is 2.28. The van der Waals surface area contributed by atoms with Crippen molar-refractivity contribution in [3.05, 3.63) is 29.8 Å². The molecular weight excluding hydrogens is 386 g/mol. The molecule has 0 aliphatic carbocycles. The molecule has 1 aromatic rings. The van der Waals surface area contributed by atoms with Crippen LogP contribution >= 0.6 is 0 Å². The minimum atomic E-state index is -3.52. The minimum absolute atomic E-state index is 0.152. The quantitative estimate of drug-likeness (QED) is 0.513.